The Hall–Kier alpha value is -1.44. The van der Waals surface area contributed by atoms with Crippen LogP contribution in [0.25, 0.3) is 0 Å². The van der Waals surface area contributed by atoms with Crippen molar-refractivity contribution in [2.24, 2.45) is 17.2 Å². The second-order valence-electron chi connectivity index (χ2n) is 3.86. The maximum Gasteiger partial charge on any atom is 0.253 e. The van der Waals surface area contributed by atoms with Gasteiger partial charge in [-0.05, 0) is 19.9 Å². The monoisotopic (exact) mass is 243 g/mol. The molecule has 0 heterocycles. The van der Waals surface area contributed by atoms with Crippen LogP contribution in [0.3, 0.4) is 0 Å². The molecule has 0 aromatic carbocycles. The molecule has 0 bridgehead atoms. The van der Waals surface area contributed by atoms with Crippen molar-refractivity contribution in [2.75, 3.05) is 19.6 Å². The van der Waals surface area contributed by atoms with Gasteiger partial charge < -0.3 is 22.5 Å². The van der Waals surface area contributed by atoms with Crippen LogP contribution in [0.5, 0.6) is 0 Å². The molecule has 0 aliphatic heterocycles. The molecule has 0 aromatic rings. The Labute approximate surface area is 101 Å². The lowest BCUT2D eigenvalue weighted by atomic mass is 10.1. The van der Waals surface area contributed by atoms with Crippen LogP contribution in [0.4, 0.5) is 0 Å². The molecule has 2 amide bonds. The van der Waals surface area contributed by atoms with Gasteiger partial charge in [-0.1, -0.05) is 6.58 Å². The third-order valence-electron chi connectivity index (χ3n) is 2.23. The fourth-order valence-corrected chi connectivity index (χ4v) is 1.01. The Morgan fingerprint density at radius 3 is 2.35 bits per heavy atom. The summed E-state index contributed by atoms with van der Waals surface area (Å²) in [4.78, 5) is 22.1. The molecule has 17 heavy (non-hydrogen) atoms. The number of nitrogens with one attached hydrogen (secondary N) is 2. The van der Waals surface area contributed by atoms with Crippen LogP contribution < -0.4 is 27.8 Å². The molecule has 0 saturated heterocycles. The zero-order chi connectivity index (χ0) is 13.5. The Balaban J connectivity index is 3.81. The number of amides is 2. The lowest BCUT2D eigenvalue weighted by molar-refractivity contribution is -0.124. The SMILES string of the molecule is C=C(C)C(=O)NCCCNC(N)(CN)C(N)=O. The normalized spacial score (nSPS) is 13.8. The molecule has 0 fully saturated rings. The number of carbonyl (C=O) groups excluding carboxylic acids is 2. The first-order valence-electron chi connectivity index (χ1n) is 5.31. The summed E-state index contributed by atoms with van der Waals surface area (Å²) in [6.45, 7) is 5.93. The maximum atomic E-state index is 11.1. The highest BCUT2D eigenvalue weighted by atomic mass is 16.2. The van der Waals surface area contributed by atoms with E-state index < -0.39 is 11.6 Å². The molecular weight excluding hydrogens is 222 g/mol. The fourth-order valence-electron chi connectivity index (χ4n) is 1.01. The summed E-state index contributed by atoms with van der Waals surface area (Å²) >= 11 is 0. The zero-order valence-electron chi connectivity index (χ0n) is 10.1. The number of carbonyl (C=O) groups is 2. The molecule has 0 saturated carbocycles. The average molecular weight is 243 g/mol. The quantitative estimate of drug-likeness (QED) is 0.186. The van der Waals surface area contributed by atoms with Crippen molar-refractivity contribution in [3.8, 4) is 0 Å². The molecule has 7 nitrogen and oxygen atoms in total. The second kappa shape index (κ2) is 7.00. The molecule has 8 N–H and O–H groups in total. The molecule has 0 aliphatic rings. The van der Waals surface area contributed by atoms with E-state index in [1.54, 1.807) is 6.92 Å². The lowest BCUT2D eigenvalue weighted by Crippen LogP contribution is -2.67. The first-order valence-corrected chi connectivity index (χ1v) is 5.31. The highest BCUT2D eigenvalue weighted by molar-refractivity contribution is 5.92. The van der Waals surface area contributed by atoms with Gasteiger partial charge in [-0.2, -0.15) is 0 Å². The van der Waals surface area contributed by atoms with Gasteiger partial charge in [-0.3, -0.25) is 14.9 Å². The molecule has 0 spiro atoms. The smallest absolute Gasteiger partial charge is 0.253 e. The van der Waals surface area contributed by atoms with E-state index in [9.17, 15) is 9.59 Å². The van der Waals surface area contributed by atoms with Crippen molar-refractivity contribution < 1.29 is 9.59 Å². The molecular formula is C10H21N5O2. The van der Waals surface area contributed by atoms with E-state index in [1.807, 2.05) is 0 Å². The van der Waals surface area contributed by atoms with Crippen LogP contribution in [-0.4, -0.2) is 37.1 Å². The summed E-state index contributed by atoms with van der Waals surface area (Å²) in [5.41, 5.74) is 15.1. The van der Waals surface area contributed by atoms with Crippen molar-refractivity contribution in [2.45, 2.75) is 19.0 Å². The van der Waals surface area contributed by atoms with Crippen molar-refractivity contribution in [1.82, 2.24) is 10.6 Å². The van der Waals surface area contributed by atoms with Crippen LogP contribution in [0, 0.1) is 0 Å². The third-order valence-corrected chi connectivity index (χ3v) is 2.23. The van der Waals surface area contributed by atoms with Gasteiger partial charge in [0.15, 0.2) is 5.66 Å². The minimum absolute atomic E-state index is 0.0829. The largest absolute Gasteiger partial charge is 0.367 e. The molecule has 1 atom stereocenters. The molecule has 0 aliphatic carbocycles. The van der Waals surface area contributed by atoms with Crippen LogP contribution in [0.15, 0.2) is 12.2 Å². The number of nitrogens with two attached hydrogens (primary N) is 3. The summed E-state index contributed by atoms with van der Waals surface area (Å²) in [5, 5.41) is 5.40. The van der Waals surface area contributed by atoms with E-state index in [0.717, 1.165) is 0 Å². The lowest BCUT2D eigenvalue weighted by Gasteiger charge is -2.25. The van der Waals surface area contributed by atoms with Crippen LogP contribution in [0.2, 0.25) is 0 Å². The summed E-state index contributed by atoms with van der Waals surface area (Å²) in [7, 11) is 0. The number of hydrogen-bond donors (Lipinski definition) is 5. The average Bonchev–Trinajstić information content (AvgIpc) is 2.27. The Bertz CT molecular complexity index is 305. The number of primary amides is 1. The first-order chi connectivity index (χ1) is 7.83. The van der Waals surface area contributed by atoms with E-state index >= 15 is 0 Å². The second-order valence-corrected chi connectivity index (χ2v) is 3.86. The van der Waals surface area contributed by atoms with Crippen molar-refractivity contribution >= 4 is 11.8 Å². The maximum absolute atomic E-state index is 11.1. The van der Waals surface area contributed by atoms with E-state index in [-0.39, 0.29) is 12.5 Å². The van der Waals surface area contributed by atoms with Gasteiger partial charge in [0, 0.05) is 18.7 Å². The summed E-state index contributed by atoms with van der Waals surface area (Å²) in [5.74, 6) is -0.899. The minimum atomic E-state index is -1.39. The summed E-state index contributed by atoms with van der Waals surface area (Å²) in [6.07, 6.45) is 0.602. The molecule has 98 valence electrons. The Kier molecular flexibility index (Phi) is 6.40. The van der Waals surface area contributed by atoms with Gasteiger partial charge in [-0.15, -0.1) is 0 Å². The molecule has 0 radical (unpaired) electrons. The first kappa shape index (κ1) is 15.6. The Morgan fingerprint density at radius 2 is 1.94 bits per heavy atom. The Morgan fingerprint density at radius 1 is 1.35 bits per heavy atom. The van der Waals surface area contributed by atoms with Crippen molar-refractivity contribution in [1.29, 1.82) is 0 Å². The van der Waals surface area contributed by atoms with E-state index in [0.29, 0.717) is 25.1 Å². The van der Waals surface area contributed by atoms with E-state index in [4.69, 9.17) is 17.2 Å². The van der Waals surface area contributed by atoms with E-state index in [2.05, 4.69) is 17.2 Å². The molecule has 0 aromatic heterocycles. The number of rotatable bonds is 8. The predicted molar refractivity (Wildman–Crippen MR) is 65.6 cm³/mol. The zero-order valence-corrected chi connectivity index (χ0v) is 10.1. The summed E-state index contributed by atoms with van der Waals surface area (Å²) < 4.78 is 0. The molecule has 7 heteroatoms. The van der Waals surface area contributed by atoms with E-state index in [1.165, 1.54) is 0 Å². The highest BCUT2D eigenvalue weighted by Crippen LogP contribution is 1.91. The van der Waals surface area contributed by atoms with Gasteiger partial charge in [0.05, 0.1) is 0 Å². The topological polar surface area (TPSA) is 136 Å². The number of hydrogen-bond acceptors (Lipinski definition) is 5. The van der Waals surface area contributed by atoms with Crippen LogP contribution in [0.1, 0.15) is 13.3 Å². The molecule has 0 rings (SSSR count). The third kappa shape index (κ3) is 5.43. The predicted octanol–water partition coefficient (Wildman–Crippen LogP) is -2.24. The standard InChI is InChI=1S/C10H21N5O2/c1-7(2)8(16)14-4-3-5-15-10(13,6-11)9(12)17/h15H,1,3-6,11,13H2,2H3,(H2,12,17)(H,14,16). The van der Waals surface area contributed by atoms with Gasteiger partial charge in [0.1, 0.15) is 0 Å². The van der Waals surface area contributed by atoms with Gasteiger partial charge >= 0.3 is 0 Å². The van der Waals surface area contributed by atoms with Crippen LogP contribution in [-0.2, 0) is 9.59 Å². The summed E-state index contributed by atoms with van der Waals surface area (Å²) in [6, 6.07) is 0. The van der Waals surface area contributed by atoms with Crippen LogP contribution >= 0.6 is 0 Å². The van der Waals surface area contributed by atoms with Gasteiger partial charge in [0.2, 0.25) is 5.91 Å². The highest BCUT2D eigenvalue weighted by Gasteiger charge is 2.28. The van der Waals surface area contributed by atoms with Crippen molar-refractivity contribution in [3.63, 3.8) is 0 Å². The minimum Gasteiger partial charge on any atom is -0.367 e. The van der Waals surface area contributed by atoms with Gasteiger partial charge in [0.25, 0.3) is 5.91 Å². The van der Waals surface area contributed by atoms with Crippen molar-refractivity contribution in [3.05, 3.63) is 12.2 Å². The molecule has 1 unspecified atom stereocenters. The van der Waals surface area contributed by atoms with Gasteiger partial charge in [-0.25, -0.2) is 0 Å². The fraction of sp³-hybridized carbons (Fsp3) is 0.600.